The van der Waals surface area contributed by atoms with E-state index in [1.807, 2.05) is 22.9 Å². The zero-order chi connectivity index (χ0) is 17.7. The van der Waals surface area contributed by atoms with Gasteiger partial charge in [0.25, 0.3) is 5.91 Å². The van der Waals surface area contributed by atoms with E-state index in [9.17, 15) is 9.18 Å². The molecule has 26 heavy (non-hydrogen) atoms. The number of hydrogen-bond donors (Lipinski definition) is 1. The van der Waals surface area contributed by atoms with Gasteiger partial charge in [-0.3, -0.25) is 4.79 Å². The highest BCUT2D eigenvalue weighted by Gasteiger charge is 2.51. The number of benzene rings is 1. The molecule has 0 saturated heterocycles. The van der Waals surface area contributed by atoms with E-state index in [4.69, 9.17) is 0 Å². The summed E-state index contributed by atoms with van der Waals surface area (Å²) in [6, 6.07) is 10.3. The summed E-state index contributed by atoms with van der Waals surface area (Å²) in [4.78, 5) is 13.1. The molecule has 4 bridgehead atoms. The van der Waals surface area contributed by atoms with Crippen molar-refractivity contribution >= 4 is 5.91 Å². The van der Waals surface area contributed by atoms with Crippen molar-refractivity contribution in [3.8, 4) is 0 Å². The molecule has 6 rings (SSSR count). The van der Waals surface area contributed by atoms with Gasteiger partial charge in [-0.1, -0.05) is 12.1 Å². The topological polar surface area (TPSA) is 34.0 Å². The lowest BCUT2D eigenvalue weighted by molar-refractivity contribution is -0.0168. The first-order valence-electron chi connectivity index (χ1n) is 9.81. The van der Waals surface area contributed by atoms with E-state index in [1.165, 1.54) is 31.4 Å². The number of carbonyl (C=O) groups is 1. The van der Waals surface area contributed by atoms with Gasteiger partial charge in [-0.2, -0.15) is 0 Å². The fourth-order valence-corrected chi connectivity index (χ4v) is 6.11. The summed E-state index contributed by atoms with van der Waals surface area (Å²) in [5.74, 6) is 2.24. The standard InChI is InChI=1S/C22H25FN2O/c23-19-5-3-15(4-6-19)14-25-7-1-2-20(25)21(26)24-22-11-16-8-17(12-22)10-18(9-16)13-22/h1-7,16-18H,8-14H2,(H,24,26). The number of hydrogen-bond acceptors (Lipinski definition) is 1. The van der Waals surface area contributed by atoms with Crippen LogP contribution in [-0.4, -0.2) is 16.0 Å². The van der Waals surface area contributed by atoms with E-state index in [-0.39, 0.29) is 17.3 Å². The Balaban J connectivity index is 1.34. The van der Waals surface area contributed by atoms with Gasteiger partial charge in [-0.05, 0) is 86.1 Å². The van der Waals surface area contributed by atoms with Crippen LogP contribution in [0.1, 0.15) is 54.6 Å². The third-order valence-electron chi connectivity index (χ3n) is 6.75. The van der Waals surface area contributed by atoms with Gasteiger partial charge < -0.3 is 9.88 Å². The minimum Gasteiger partial charge on any atom is -0.345 e. The molecule has 1 aromatic heterocycles. The van der Waals surface area contributed by atoms with Gasteiger partial charge >= 0.3 is 0 Å². The van der Waals surface area contributed by atoms with Crippen LogP contribution in [-0.2, 0) is 6.54 Å². The zero-order valence-corrected chi connectivity index (χ0v) is 15.0. The molecule has 1 N–H and O–H groups in total. The van der Waals surface area contributed by atoms with Crippen molar-refractivity contribution in [3.63, 3.8) is 0 Å². The Morgan fingerprint density at radius 1 is 1.04 bits per heavy atom. The molecule has 0 aliphatic heterocycles. The molecule has 1 heterocycles. The van der Waals surface area contributed by atoms with Crippen LogP contribution in [0.25, 0.3) is 0 Å². The van der Waals surface area contributed by atoms with Crippen molar-refractivity contribution in [1.29, 1.82) is 0 Å². The minimum atomic E-state index is -0.235. The summed E-state index contributed by atoms with van der Waals surface area (Å²) >= 11 is 0. The summed E-state index contributed by atoms with van der Waals surface area (Å²) < 4.78 is 15.1. The smallest absolute Gasteiger partial charge is 0.268 e. The van der Waals surface area contributed by atoms with E-state index < -0.39 is 0 Å². The van der Waals surface area contributed by atoms with Crippen LogP contribution in [0.3, 0.4) is 0 Å². The van der Waals surface area contributed by atoms with Crippen LogP contribution in [0.4, 0.5) is 4.39 Å². The Kier molecular flexibility index (Phi) is 3.70. The second-order valence-corrected chi connectivity index (χ2v) is 8.80. The van der Waals surface area contributed by atoms with Gasteiger partial charge in [0.2, 0.25) is 0 Å². The summed E-state index contributed by atoms with van der Waals surface area (Å²) in [7, 11) is 0. The lowest BCUT2D eigenvalue weighted by Crippen LogP contribution is -2.60. The van der Waals surface area contributed by atoms with E-state index in [1.54, 1.807) is 12.1 Å². The summed E-state index contributed by atoms with van der Waals surface area (Å²) in [6.45, 7) is 0.580. The van der Waals surface area contributed by atoms with Crippen LogP contribution >= 0.6 is 0 Å². The second kappa shape index (κ2) is 5.97. The predicted molar refractivity (Wildman–Crippen MR) is 98.3 cm³/mol. The number of nitrogens with zero attached hydrogens (tertiary/aromatic N) is 1. The quantitative estimate of drug-likeness (QED) is 0.871. The normalized spacial score (nSPS) is 32.0. The van der Waals surface area contributed by atoms with Gasteiger partial charge in [0.05, 0.1) is 0 Å². The number of halogens is 1. The van der Waals surface area contributed by atoms with E-state index in [0.717, 1.165) is 42.6 Å². The molecule has 3 nitrogen and oxygen atoms in total. The SMILES string of the molecule is O=C(NC12CC3CC(CC(C3)C1)C2)c1cccn1Cc1ccc(F)cc1. The molecular weight excluding hydrogens is 327 g/mol. The first-order chi connectivity index (χ1) is 12.6. The van der Waals surface area contributed by atoms with Crippen LogP contribution in [0.2, 0.25) is 0 Å². The fraction of sp³-hybridized carbons (Fsp3) is 0.500. The van der Waals surface area contributed by atoms with Gasteiger partial charge in [-0.15, -0.1) is 0 Å². The molecular formula is C22H25FN2O. The number of nitrogens with one attached hydrogen (secondary N) is 1. The van der Waals surface area contributed by atoms with Crippen molar-refractivity contribution < 1.29 is 9.18 Å². The first-order valence-corrected chi connectivity index (χ1v) is 9.81. The average Bonchev–Trinajstić information content (AvgIpc) is 3.03. The molecule has 4 aliphatic rings. The number of amides is 1. The van der Waals surface area contributed by atoms with E-state index in [2.05, 4.69) is 5.32 Å². The lowest BCUT2D eigenvalue weighted by atomic mass is 9.53. The molecule has 0 spiro atoms. The Morgan fingerprint density at radius 2 is 1.65 bits per heavy atom. The molecule has 1 amide bonds. The molecule has 136 valence electrons. The van der Waals surface area contributed by atoms with Gasteiger partial charge in [-0.25, -0.2) is 4.39 Å². The number of rotatable bonds is 4. The highest BCUT2D eigenvalue weighted by molar-refractivity contribution is 5.93. The van der Waals surface area contributed by atoms with Crippen molar-refractivity contribution in [2.45, 2.75) is 50.6 Å². The zero-order valence-electron chi connectivity index (χ0n) is 15.0. The molecule has 2 aromatic rings. The Labute approximate surface area is 153 Å². The third kappa shape index (κ3) is 2.85. The monoisotopic (exact) mass is 352 g/mol. The lowest BCUT2D eigenvalue weighted by Gasteiger charge is -2.56. The molecule has 0 atom stereocenters. The highest BCUT2D eigenvalue weighted by atomic mass is 19.1. The van der Waals surface area contributed by atoms with Gasteiger partial charge in [0, 0.05) is 18.3 Å². The fourth-order valence-electron chi connectivity index (χ4n) is 6.11. The number of aromatic nitrogens is 1. The van der Waals surface area contributed by atoms with Gasteiger partial charge in [0.1, 0.15) is 11.5 Å². The van der Waals surface area contributed by atoms with Crippen LogP contribution in [0.15, 0.2) is 42.6 Å². The van der Waals surface area contributed by atoms with Crippen LogP contribution in [0.5, 0.6) is 0 Å². The van der Waals surface area contributed by atoms with Crippen molar-refractivity contribution in [1.82, 2.24) is 9.88 Å². The van der Waals surface area contributed by atoms with Crippen molar-refractivity contribution in [2.75, 3.05) is 0 Å². The molecule has 4 aliphatic carbocycles. The molecule has 1 aromatic carbocycles. The number of carbonyl (C=O) groups excluding carboxylic acids is 1. The second-order valence-electron chi connectivity index (χ2n) is 8.80. The maximum Gasteiger partial charge on any atom is 0.268 e. The Bertz CT molecular complexity index is 788. The molecule has 4 fully saturated rings. The molecule has 0 unspecified atom stereocenters. The first kappa shape index (κ1) is 16.1. The maximum absolute atomic E-state index is 13.1. The maximum atomic E-state index is 13.1. The minimum absolute atomic E-state index is 0.0246. The van der Waals surface area contributed by atoms with Crippen LogP contribution < -0.4 is 5.32 Å². The third-order valence-corrected chi connectivity index (χ3v) is 6.75. The van der Waals surface area contributed by atoms with Crippen molar-refractivity contribution in [2.24, 2.45) is 17.8 Å². The summed E-state index contributed by atoms with van der Waals surface area (Å²) in [5.41, 5.74) is 1.72. The Morgan fingerprint density at radius 3 is 2.27 bits per heavy atom. The average molecular weight is 352 g/mol. The van der Waals surface area contributed by atoms with Crippen LogP contribution in [0, 0.1) is 23.6 Å². The molecule has 0 radical (unpaired) electrons. The summed E-state index contributed by atoms with van der Waals surface area (Å²) in [5, 5.41) is 3.44. The van der Waals surface area contributed by atoms with E-state index >= 15 is 0 Å². The highest BCUT2D eigenvalue weighted by Crippen LogP contribution is 2.55. The summed E-state index contributed by atoms with van der Waals surface area (Å²) in [6.07, 6.45) is 9.51. The van der Waals surface area contributed by atoms with Gasteiger partial charge in [0.15, 0.2) is 0 Å². The Hall–Kier alpha value is -2.10. The van der Waals surface area contributed by atoms with E-state index in [0.29, 0.717) is 12.2 Å². The molecule has 4 heteroatoms. The molecule has 4 saturated carbocycles. The predicted octanol–water partition coefficient (Wildman–Crippen LogP) is 4.37. The largest absolute Gasteiger partial charge is 0.345 e. The van der Waals surface area contributed by atoms with Crippen molar-refractivity contribution in [3.05, 3.63) is 59.7 Å².